The molecule has 1 aliphatic rings. The molecule has 0 aliphatic carbocycles. The van der Waals surface area contributed by atoms with Crippen molar-refractivity contribution in [3.63, 3.8) is 0 Å². The smallest absolute Gasteiger partial charge is 0.162 e. The highest BCUT2D eigenvalue weighted by Gasteiger charge is 2.16. The number of benzene rings is 1. The van der Waals surface area contributed by atoms with Gasteiger partial charge in [0, 0.05) is 12.0 Å². The minimum atomic E-state index is -0.249. The highest BCUT2D eigenvalue weighted by Crippen LogP contribution is 2.17. The van der Waals surface area contributed by atoms with Gasteiger partial charge in [-0.05, 0) is 62.5 Å². The summed E-state index contributed by atoms with van der Waals surface area (Å²) in [5.74, 6) is 0.502. The van der Waals surface area contributed by atoms with E-state index >= 15 is 0 Å². The van der Waals surface area contributed by atoms with Crippen molar-refractivity contribution in [1.29, 1.82) is 0 Å². The lowest BCUT2D eigenvalue weighted by Crippen LogP contribution is -2.10. The minimum absolute atomic E-state index is 0.125. The molecule has 1 aliphatic heterocycles. The second-order valence-corrected chi connectivity index (χ2v) is 4.78. The van der Waals surface area contributed by atoms with Gasteiger partial charge >= 0.3 is 0 Å². The van der Waals surface area contributed by atoms with Crippen molar-refractivity contribution in [1.82, 2.24) is 5.32 Å². The zero-order chi connectivity index (χ0) is 12.3. The summed E-state index contributed by atoms with van der Waals surface area (Å²) in [6, 6.07) is 4.60. The Bertz CT molecular complexity index is 411. The van der Waals surface area contributed by atoms with Crippen molar-refractivity contribution in [3.05, 3.63) is 35.1 Å². The molecule has 1 aromatic carbocycles. The molecule has 0 amide bonds. The van der Waals surface area contributed by atoms with E-state index in [1.54, 1.807) is 19.1 Å². The van der Waals surface area contributed by atoms with Gasteiger partial charge in [-0.3, -0.25) is 4.79 Å². The van der Waals surface area contributed by atoms with Crippen molar-refractivity contribution in [3.8, 4) is 0 Å². The Balaban J connectivity index is 1.92. The average Bonchev–Trinajstić information content (AvgIpc) is 2.82. The largest absolute Gasteiger partial charge is 0.316 e. The number of halogens is 1. The first-order valence-corrected chi connectivity index (χ1v) is 6.17. The van der Waals surface area contributed by atoms with E-state index in [2.05, 4.69) is 5.32 Å². The number of carbonyl (C=O) groups is 1. The highest BCUT2D eigenvalue weighted by molar-refractivity contribution is 5.96. The highest BCUT2D eigenvalue weighted by atomic mass is 19.1. The predicted molar refractivity (Wildman–Crippen MR) is 65.7 cm³/mol. The van der Waals surface area contributed by atoms with E-state index in [-0.39, 0.29) is 11.6 Å². The topological polar surface area (TPSA) is 29.1 Å². The molecule has 0 bridgehead atoms. The molecule has 1 fully saturated rings. The standard InChI is InChI=1S/C14H18FNO/c1-10-8-12(3-4-13(10)15)14(17)5-2-11-6-7-16-9-11/h3-4,8,11,16H,2,5-7,9H2,1H3. The SMILES string of the molecule is Cc1cc(C(=O)CCC2CCNC2)ccc1F. The van der Waals surface area contributed by atoms with Crippen LogP contribution in [0.15, 0.2) is 18.2 Å². The molecular formula is C14H18FNO. The maximum Gasteiger partial charge on any atom is 0.162 e. The van der Waals surface area contributed by atoms with Crippen LogP contribution >= 0.6 is 0 Å². The van der Waals surface area contributed by atoms with Crippen LogP contribution in [0.5, 0.6) is 0 Å². The number of hydrogen-bond donors (Lipinski definition) is 1. The van der Waals surface area contributed by atoms with Crippen molar-refractivity contribution in [2.24, 2.45) is 5.92 Å². The number of hydrogen-bond acceptors (Lipinski definition) is 2. The number of carbonyl (C=O) groups excluding carboxylic acids is 1. The van der Waals surface area contributed by atoms with E-state index < -0.39 is 0 Å². The van der Waals surface area contributed by atoms with Gasteiger partial charge < -0.3 is 5.32 Å². The Morgan fingerprint density at radius 2 is 2.35 bits per heavy atom. The summed E-state index contributed by atoms with van der Waals surface area (Å²) in [7, 11) is 0. The van der Waals surface area contributed by atoms with Crippen LogP contribution in [0, 0.1) is 18.7 Å². The first kappa shape index (κ1) is 12.2. The predicted octanol–water partition coefficient (Wildman–Crippen LogP) is 2.71. The summed E-state index contributed by atoms with van der Waals surface area (Å²) in [5.41, 5.74) is 1.17. The maximum absolute atomic E-state index is 13.1. The van der Waals surface area contributed by atoms with Crippen molar-refractivity contribution >= 4 is 5.78 Å². The summed E-state index contributed by atoms with van der Waals surface area (Å²) in [4.78, 5) is 11.9. The Labute approximate surface area is 101 Å². The van der Waals surface area contributed by atoms with Gasteiger partial charge in [0.25, 0.3) is 0 Å². The van der Waals surface area contributed by atoms with Crippen LogP contribution in [0.2, 0.25) is 0 Å². The van der Waals surface area contributed by atoms with Gasteiger partial charge in [-0.2, -0.15) is 0 Å². The zero-order valence-electron chi connectivity index (χ0n) is 10.1. The van der Waals surface area contributed by atoms with E-state index in [0.717, 1.165) is 25.9 Å². The maximum atomic E-state index is 13.1. The molecule has 1 unspecified atom stereocenters. The summed E-state index contributed by atoms with van der Waals surface area (Å²) in [6.45, 7) is 3.78. The number of ketones is 1. The van der Waals surface area contributed by atoms with E-state index in [9.17, 15) is 9.18 Å². The summed E-state index contributed by atoms with van der Waals surface area (Å²) in [5, 5.41) is 3.29. The monoisotopic (exact) mass is 235 g/mol. The molecule has 92 valence electrons. The second-order valence-electron chi connectivity index (χ2n) is 4.78. The van der Waals surface area contributed by atoms with Crippen LogP contribution in [0.1, 0.15) is 35.2 Å². The molecule has 2 rings (SSSR count). The fourth-order valence-corrected chi connectivity index (χ4v) is 2.26. The lowest BCUT2D eigenvalue weighted by Gasteiger charge is -2.07. The van der Waals surface area contributed by atoms with E-state index in [4.69, 9.17) is 0 Å². The first-order valence-electron chi connectivity index (χ1n) is 6.17. The van der Waals surface area contributed by atoms with Crippen LogP contribution < -0.4 is 5.32 Å². The van der Waals surface area contributed by atoms with Crippen LogP contribution in [-0.4, -0.2) is 18.9 Å². The quantitative estimate of drug-likeness (QED) is 0.813. The molecule has 0 saturated carbocycles. The molecule has 1 N–H and O–H groups in total. The van der Waals surface area contributed by atoms with Crippen molar-refractivity contribution in [2.75, 3.05) is 13.1 Å². The van der Waals surface area contributed by atoms with Crippen LogP contribution in [0.25, 0.3) is 0 Å². The van der Waals surface area contributed by atoms with E-state index in [1.165, 1.54) is 6.07 Å². The zero-order valence-corrected chi connectivity index (χ0v) is 10.1. The van der Waals surface area contributed by atoms with Crippen LogP contribution in [0.3, 0.4) is 0 Å². The Morgan fingerprint density at radius 1 is 1.53 bits per heavy atom. The molecule has 3 heteroatoms. The summed E-state index contributed by atoms with van der Waals surface area (Å²) < 4.78 is 13.1. The molecule has 17 heavy (non-hydrogen) atoms. The van der Waals surface area contributed by atoms with E-state index in [1.807, 2.05) is 0 Å². The van der Waals surface area contributed by atoms with Crippen molar-refractivity contribution in [2.45, 2.75) is 26.2 Å². The first-order chi connectivity index (χ1) is 8.16. The fourth-order valence-electron chi connectivity index (χ4n) is 2.26. The van der Waals surface area contributed by atoms with Gasteiger partial charge in [-0.15, -0.1) is 0 Å². The number of Topliss-reactive ketones (excluding diaryl/α,β-unsaturated/α-hetero) is 1. The number of rotatable bonds is 4. The lowest BCUT2D eigenvalue weighted by atomic mass is 9.97. The van der Waals surface area contributed by atoms with Crippen LogP contribution in [-0.2, 0) is 0 Å². The molecule has 1 saturated heterocycles. The Hall–Kier alpha value is -1.22. The third kappa shape index (κ3) is 3.13. The van der Waals surface area contributed by atoms with Gasteiger partial charge in [0.15, 0.2) is 5.78 Å². The normalized spacial score (nSPS) is 19.5. The van der Waals surface area contributed by atoms with Crippen LogP contribution in [0.4, 0.5) is 4.39 Å². The van der Waals surface area contributed by atoms with Gasteiger partial charge in [-0.25, -0.2) is 4.39 Å². The molecule has 1 aromatic rings. The molecule has 0 spiro atoms. The number of aryl methyl sites for hydroxylation is 1. The van der Waals surface area contributed by atoms with Gasteiger partial charge in [0.05, 0.1) is 0 Å². The molecule has 1 atom stereocenters. The Kier molecular flexibility index (Phi) is 3.89. The summed E-state index contributed by atoms with van der Waals surface area (Å²) in [6.07, 6.45) is 2.66. The molecule has 0 radical (unpaired) electrons. The second kappa shape index (κ2) is 5.41. The fraction of sp³-hybridized carbons (Fsp3) is 0.500. The minimum Gasteiger partial charge on any atom is -0.316 e. The molecule has 2 nitrogen and oxygen atoms in total. The molecular weight excluding hydrogens is 217 g/mol. The summed E-state index contributed by atoms with van der Waals surface area (Å²) >= 11 is 0. The van der Waals surface area contributed by atoms with Gasteiger partial charge in [-0.1, -0.05) is 0 Å². The third-order valence-electron chi connectivity index (χ3n) is 3.42. The van der Waals surface area contributed by atoms with Gasteiger partial charge in [0.1, 0.15) is 5.82 Å². The van der Waals surface area contributed by atoms with E-state index in [0.29, 0.717) is 23.5 Å². The number of nitrogens with one attached hydrogen (secondary N) is 1. The van der Waals surface area contributed by atoms with Gasteiger partial charge in [0.2, 0.25) is 0 Å². The Morgan fingerprint density at radius 3 is 3.00 bits per heavy atom. The lowest BCUT2D eigenvalue weighted by molar-refractivity contribution is 0.0974. The molecule has 0 aromatic heterocycles. The van der Waals surface area contributed by atoms with Crippen molar-refractivity contribution < 1.29 is 9.18 Å². The third-order valence-corrected chi connectivity index (χ3v) is 3.42. The average molecular weight is 235 g/mol. The molecule has 1 heterocycles.